The molecule has 128 valence electrons. The zero-order valence-electron chi connectivity index (χ0n) is 13.6. The summed E-state index contributed by atoms with van der Waals surface area (Å²) in [6.45, 7) is 0. The zero-order chi connectivity index (χ0) is 17.8. The number of rotatable bonds is 5. The van der Waals surface area contributed by atoms with Gasteiger partial charge in [-0.05, 0) is 48.6 Å². The third-order valence-corrected chi connectivity index (χ3v) is 4.02. The van der Waals surface area contributed by atoms with Crippen LogP contribution in [0, 0.1) is 4.77 Å². The predicted molar refractivity (Wildman–Crippen MR) is 100 cm³/mol. The van der Waals surface area contributed by atoms with Crippen molar-refractivity contribution in [2.24, 2.45) is 5.10 Å². The van der Waals surface area contributed by atoms with E-state index < -0.39 is 0 Å². The lowest BCUT2D eigenvalue weighted by Gasteiger charge is -2.07. The maximum atomic E-state index is 5.93. The van der Waals surface area contributed by atoms with Gasteiger partial charge in [-0.3, -0.25) is 0 Å². The van der Waals surface area contributed by atoms with E-state index in [9.17, 15) is 0 Å². The average molecular weight is 375 g/mol. The third kappa shape index (κ3) is 3.72. The van der Waals surface area contributed by atoms with Crippen LogP contribution in [-0.2, 0) is 0 Å². The van der Waals surface area contributed by atoms with E-state index in [1.165, 1.54) is 0 Å². The van der Waals surface area contributed by atoms with Gasteiger partial charge in [-0.25, -0.2) is 5.10 Å². The minimum Gasteiger partial charge on any atom is -0.497 e. The van der Waals surface area contributed by atoms with Crippen LogP contribution in [0.3, 0.4) is 0 Å². The Bertz CT molecular complexity index is 964. The van der Waals surface area contributed by atoms with Crippen molar-refractivity contribution in [2.45, 2.75) is 0 Å². The van der Waals surface area contributed by atoms with Crippen molar-refractivity contribution in [3.05, 3.63) is 57.8 Å². The molecule has 0 unspecified atom stereocenters. The lowest BCUT2D eigenvalue weighted by molar-refractivity contribution is 0.394. The Kier molecular flexibility index (Phi) is 5.16. The van der Waals surface area contributed by atoms with Crippen LogP contribution in [0.5, 0.6) is 11.5 Å². The van der Waals surface area contributed by atoms with Gasteiger partial charge in [0.05, 0.1) is 20.4 Å². The number of methoxy groups -OCH3 is 2. The molecule has 0 aliphatic heterocycles. The molecule has 1 heterocycles. The molecule has 0 aliphatic rings. The second kappa shape index (κ2) is 7.50. The molecule has 3 rings (SSSR count). The van der Waals surface area contributed by atoms with Gasteiger partial charge in [0, 0.05) is 22.2 Å². The second-order valence-electron chi connectivity index (χ2n) is 5.02. The monoisotopic (exact) mass is 374 g/mol. The molecule has 0 saturated heterocycles. The van der Waals surface area contributed by atoms with Crippen molar-refractivity contribution in [1.29, 1.82) is 0 Å². The lowest BCUT2D eigenvalue weighted by Crippen LogP contribution is -1.97. The summed E-state index contributed by atoms with van der Waals surface area (Å²) in [6, 6.07) is 12.8. The minimum absolute atomic E-state index is 0.383. The molecule has 2 aromatic carbocycles. The summed E-state index contributed by atoms with van der Waals surface area (Å²) in [6.07, 6.45) is 1.66. The smallest absolute Gasteiger partial charge is 0.216 e. The first-order valence-corrected chi connectivity index (χ1v) is 8.10. The van der Waals surface area contributed by atoms with E-state index in [1.807, 2.05) is 24.3 Å². The maximum absolute atomic E-state index is 5.93. The molecule has 25 heavy (non-hydrogen) atoms. The number of nitrogens with one attached hydrogen (secondary N) is 1. The quantitative estimate of drug-likeness (QED) is 0.538. The summed E-state index contributed by atoms with van der Waals surface area (Å²) in [4.78, 5) is 0. The molecule has 3 aromatic rings. The maximum Gasteiger partial charge on any atom is 0.216 e. The van der Waals surface area contributed by atoms with Crippen LogP contribution in [0.4, 0.5) is 0 Å². The van der Waals surface area contributed by atoms with Crippen LogP contribution in [0.15, 0.2) is 47.6 Å². The van der Waals surface area contributed by atoms with Crippen molar-refractivity contribution in [1.82, 2.24) is 14.9 Å². The SMILES string of the molecule is COc1ccc(/C=N\n2c(-c3ccc(Cl)cc3)n[nH]c2=S)c(OC)c1. The van der Waals surface area contributed by atoms with Gasteiger partial charge in [-0.2, -0.15) is 14.9 Å². The van der Waals surface area contributed by atoms with Gasteiger partial charge in [0.25, 0.3) is 0 Å². The molecule has 0 atom stereocenters. The van der Waals surface area contributed by atoms with Crippen molar-refractivity contribution < 1.29 is 9.47 Å². The highest BCUT2D eigenvalue weighted by Gasteiger charge is 2.09. The lowest BCUT2D eigenvalue weighted by atomic mass is 10.2. The summed E-state index contributed by atoms with van der Waals surface area (Å²) < 4.78 is 12.5. The first kappa shape index (κ1) is 17.2. The van der Waals surface area contributed by atoms with Gasteiger partial charge in [0.1, 0.15) is 11.5 Å². The van der Waals surface area contributed by atoms with E-state index in [0.29, 0.717) is 27.1 Å². The van der Waals surface area contributed by atoms with Crippen molar-refractivity contribution in [3.63, 3.8) is 0 Å². The second-order valence-corrected chi connectivity index (χ2v) is 5.85. The Morgan fingerprint density at radius 3 is 2.60 bits per heavy atom. The summed E-state index contributed by atoms with van der Waals surface area (Å²) in [7, 11) is 3.19. The minimum atomic E-state index is 0.383. The molecule has 8 heteroatoms. The van der Waals surface area contributed by atoms with Crippen LogP contribution in [0.1, 0.15) is 5.56 Å². The van der Waals surface area contributed by atoms with Crippen molar-refractivity contribution >= 4 is 30.0 Å². The van der Waals surface area contributed by atoms with E-state index in [-0.39, 0.29) is 0 Å². The number of ether oxygens (including phenoxy) is 2. The van der Waals surface area contributed by atoms with Gasteiger partial charge < -0.3 is 9.47 Å². The Balaban J connectivity index is 1.99. The molecule has 1 aromatic heterocycles. The highest BCUT2D eigenvalue weighted by molar-refractivity contribution is 7.71. The Morgan fingerprint density at radius 2 is 1.92 bits per heavy atom. The zero-order valence-corrected chi connectivity index (χ0v) is 15.1. The molecule has 0 fully saturated rings. The van der Waals surface area contributed by atoms with Crippen molar-refractivity contribution in [3.8, 4) is 22.9 Å². The predicted octanol–water partition coefficient (Wildman–Crippen LogP) is 4.16. The van der Waals surface area contributed by atoms with Gasteiger partial charge in [0.2, 0.25) is 4.77 Å². The fourth-order valence-electron chi connectivity index (χ4n) is 2.23. The van der Waals surface area contributed by atoms with Gasteiger partial charge in [-0.1, -0.05) is 11.6 Å². The van der Waals surface area contributed by atoms with Crippen molar-refractivity contribution in [2.75, 3.05) is 14.2 Å². The van der Waals surface area contributed by atoms with E-state index >= 15 is 0 Å². The Labute approximate surface area is 154 Å². The number of hydrogen-bond acceptors (Lipinski definition) is 5. The van der Waals surface area contributed by atoms with Crippen LogP contribution in [0.2, 0.25) is 5.02 Å². The number of hydrogen-bond donors (Lipinski definition) is 1. The largest absolute Gasteiger partial charge is 0.497 e. The molecule has 1 N–H and O–H groups in total. The molecular weight excluding hydrogens is 360 g/mol. The van der Waals surface area contributed by atoms with E-state index in [1.54, 1.807) is 43.3 Å². The molecular formula is C17H15ClN4O2S. The number of benzene rings is 2. The number of halogens is 1. The van der Waals surface area contributed by atoms with E-state index in [4.69, 9.17) is 33.3 Å². The van der Waals surface area contributed by atoms with Crippen LogP contribution in [0.25, 0.3) is 11.4 Å². The standard InChI is InChI=1S/C17H15ClN4O2S/c1-23-14-8-5-12(15(9-14)24-2)10-19-22-16(20-21-17(22)25)11-3-6-13(18)7-4-11/h3-10H,1-2H3,(H,21,25)/b19-10-. The molecule has 6 nitrogen and oxygen atoms in total. The molecule has 0 aliphatic carbocycles. The fourth-order valence-corrected chi connectivity index (χ4v) is 2.53. The molecule has 0 spiro atoms. The highest BCUT2D eigenvalue weighted by atomic mass is 35.5. The first-order chi connectivity index (χ1) is 12.1. The highest BCUT2D eigenvalue weighted by Crippen LogP contribution is 2.24. The number of H-pyrrole nitrogens is 1. The van der Waals surface area contributed by atoms with E-state index in [2.05, 4.69) is 15.3 Å². The normalized spacial score (nSPS) is 11.0. The Morgan fingerprint density at radius 1 is 1.16 bits per heavy atom. The van der Waals surface area contributed by atoms with Crippen LogP contribution >= 0.6 is 23.8 Å². The molecule has 0 saturated carbocycles. The van der Waals surface area contributed by atoms with Gasteiger partial charge >= 0.3 is 0 Å². The summed E-state index contributed by atoms with van der Waals surface area (Å²) in [5, 5.41) is 12.1. The van der Waals surface area contributed by atoms with Gasteiger partial charge in [-0.15, -0.1) is 0 Å². The molecule has 0 bridgehead atoms. The number of nitrogens with zero attached hydrogens (tertiary/aromatic N) is 3. The topological polar surface area (TPSA) is 64.4 Å². The van der Waals surface area contributed by atoms with Crippen LogP contribution in [-0.4, -0.2) is 35.3 Å². The number of aromatic amines is 1. The first-order valence-electron chi connectivity index (χ1n) is 7.32. The third-order valence-electron chi connectivity index (χ3n) is 3.51. The summed E-state index contributed by atoms with van der Waals surface area (Å²) >= 11 is 11.2. The van der Waals surface area contributed by atoms with Gasteiger partial charge in [0.15, 0.2) is 5.82 Å². The average Bonchev–Trinajstić information content (AvgIpc) is 3.01. The Hall–Kier alpha value is -2.64. The fraction of sp³-hybridized carbons (Fsp3) is 0.118. The van der Waals surface area contributed by atoms with E-state index in [0.717, 1.165) is 11.1 Å². The van der Waals surface area contributed by atoms with Crippen LogP contribution < -0.4 is 9.47 Å². The summed E-state index contributed by atoms with van der Waals surface area (Å²) in [5.74, 6) is 1.94. The summed E-state index contributed by atoms with van der Waals surface area (Å²) in [5.41, 5.74) is 1.63. The number of aromatic nitrogens is 3. The molecule has 0 radical (unpaired) electrons. The molecule has 0 amide bonds.